The van der Waals surface area contributed by atoms with Gasteiger partial charge in [-0.1, -0.05) is 50.6 Å². The lowest BCUT2D eigenvalue weighted by Gasteiger charge is -2.18. The fraction of sp³-hybridized carbons (Fsp3) is 0.227. The Morgan fingerprint density at radius 1 is 0.917 bits per heavy atom. The van der Waals surface area contributed by atoms with Gasteiger partial charge < -0.3 is 4.42 Å². The van der Waals surface area contributed by atoms with Gasteiger partial charge in [-0.2, -0.15) is 0 Å². The van der Waals surface area contributed by atoms with Crippen LogP contribution < -0.4 is 0 Å². The smallest absolute Gasteiger partial charge is 0.144 e. The lowest BCUT2D eigenvalue weighted by Crippen LogP contribution is -2.11. The maximum Gasteiger partial charge on any atom is 0.144 e. The summed E-state index contributed by atoms with van der Waals surface area (Å²) in [4.78, 5) is 4.69. The second kappa shape index (κ2) is 5.20. The van der Waals surface area contributed by atoms with E-state index in [0.717, 1.165) is 33.2 Å². The molecule has 0 bridgehead atoms. The second-order valence-electron chi connectivity index (χ2n) is 7.47. The first-order valence-corrected chi connectivity index (χ1v) is 8.32. The first-order chi connectivity index (χ1) is 11.4. The molecule has 0 amide bonds. The Morgan fingerprint density at radius 2 is 1.75 bits per heavy atom. The number of aromatic nitrogens is 1. The Balaban J connectivity index is 1.92. The maximum atomic E-state index is 6.15. The molecule has 0 saturated heterocycles. The van der Waals surface area contributed by atoms with Crippen LogP contribution in [-0.2, 0) is 5.41 Å². The fourth-order valence-corrected chi connectivity index (χ4v) is 3.11. The van der Waals surface area contributed by atoms with Crippen molar-refractivity contribution in [3.05, 3.63) is 65.9 Å². The van der Waals surface area contributed by atoms with Crippen LogP contribution in [0.5, 0.6) is 0 Å². The van der Waals surface area contributed by atoms with Crippen LogP contribution in [0.1, 0.15) is 31.9 Å². The molecule has 0 radical (unpaired) electrons. The van der Waals surface area contributed by atoms with Crippen LogP contribution in [0, 0.1) is 6.92 Å². The van der Waals surface area contributed by atoms with Crippen LogP contribution in [0.4, 0.5) is 0 Å². The highest BCUT2D eigenvalue weighted by atomic mass is 16.3. The Labute approximate surface area is 142 Å². The summed E-state index contributed by atoms with van der Waals surface area (Å²) in [7, 11) is 0. The number of hydrogen-bond acceptors (Lipinski definition) is 2. The molecule has 0 N–H and O–H groups in total. The molecule has 2 aromatic carbocycles. The number of benzene rings is 2. The summed E-state index contributed by atoms with van der Waals surface area (Å²) in [6.45, 7) is 8.71. The van der Waals surface area contributed by atoms with Gasteiger partial charge in [0.15, 0.2) is 0 Å². The monoisotopic (exact) mass is 315 g/mol. The van der Waals surface area contributed by atoms with Gasteiger partial charge >= 0.3 is 0 Å². The van der Waals surface area contributed by atoms with Gasteiger partial charge in [0.25, 0.3) is 0 Å². The number of rotatable bonds is 1. The molecule has 0 aliphatic rings. The van der Waals surface area contributed by atoms with Gasteiger partial charge in [-0.05, 0) is 42.2 Å². The summed E-state index contributed by atoms with van der Waals surface area (Å²) in [6.07, 6.45) is 1.97. The molecule has 4 rings (SSSR count). The molecule has 2 aromatic heterocycles. The Bertz CT molecular complexity index is 1030. The van der Waals surface area contributed by atoms with Gasteiger partial charge in [-0.15, -0.1) is 0 Å². The molecule has 0 aliphatic heterocycles. The molecule has 0 atom stereocenters. The van der Waals surface area contributed by atoms with Crippen molar-refractivity contribution in [2.75, 3.05) is 0 Å². The molecule has 2 heteroatoms. The molecule has 0 unspecified atom stereocenters. The van der Waals surface area contributed by atoms with E-state index in [0.29, 0.717) is 0 Å². The predicted octanol–water partition coefficient (Wildman–Crippen LogP) is 6.25. The molecule has 0 spiro atoms. The summed E-state index contributed by atoms with van der Waals surface area (Å²) >= 11 is 0. The zero-order valence-electron chi connectivity index (χ0n) is 14.6. The van der Waals surface area contributed by atoms with Crippen molar-refractivity contribution in [3.8, 4) is 11.3 Å². The number of furan rings is 1. The quantitative estimate of drug-likeness (QED) is 0.414. The summed E-state index contributed by atoms with van der Waals surface area (Å²) in [5.74, 6) is 0. The van der Waals surface area contributed by atoms with E-state index in [-0.39, 0.29) is 5.41 Å². The zero-order chi connectivity index (χ0) is 16.9. The van der Waals surface area contributed by atoms with Crippen molar-refractivity contribution in [1.29, 1.82) is 0 Å². The second-order valence-corrected chi connectivity index (χ2v) is 7.47. The standard InChI is InChI=1S/C22H21NO/c1-14-8-11-20-18(12-14)16-6-5-7-17(21(16)24-20)19-10-9-15(13-23-19)22(2,3)4/h5-13H,1-4H3. The van der Waals surface area contributed by atoms with E-state index in [9.17, 15) is 0 Å². The van der Waals surface area contributed by atoms with E-state index in [1.54, 1.807) is 0 Å². The van der Waals surface area contributed by atoms with E-state index in [4.69, 9.17) is 9.40 Å². The third-order valence-corrected chi connectivity index (χ3v) is 4.56. The summed E-state index contributed by atoms with van der Waals surface area (Å²) in [6, 6.07) is 16.8. The first kappa shape index (κ1) is 14.9. The van der Waals surface area contributed by atoms with Crippen LogP contribution in [-0.4, -0.2) is 4.98 Å². The highest BCUT2D eigenvalue weighted by molar-refractivity contribution is 6.09. The molecule has 24 heavy (non-hydrogen) atoms. The van der Waals surface area contributed by atoms with Crippen molar-refractivity contribution in [3.63, 3.8) is 0 Å². The van der Waals surface area contributed by atoms with E-state index in [2.05, 4.69) is 70.2 Å². The lowest BCUT2D eigenvalue weighted by atomic mass is 9.88. The normalized spacial score (nSPS) is 12.2. The highest BCUT2D eigenvalue weighted by Gasteiger charge is 2.16. The minimum atomic E-state index is 0.106. The lowest BCUT2D eigenvalue weighted by molar-refractivity contribution is 0.587. The Morgan fingerprint density at radius 3 is 2.46 bits per heavy atom. The molecular weight excluding hydrogens is 294 g/mol. The van der Waals surface area contributed by atoms with Crippen molar-refractivity contribution in [2.24, 2.45) is 0 Å². The molecule has 2 nitrogen and oxygen atoms in total. The number of para-hydroxylation sites is 1. The van der Waals surface area contributed by atoms with Crippen LogP contribution in [0.25, 0.3) is 33.2 Å². The van der Waals surface area contributed by atoms with Crippen LogP contribution in [0.15, 0.2) is 59.1 Å². The summed E-state index contributed by atoms with van der Waals surface area (Å²) < 4.78 is 6.15. The third kappa shape index (κ3) is 2.39. The maximum absolute atomic E-state index is 6.15. The van der Waals surface area contributed by atoms with Gasteiger partial charge in [-0.3, -0.25) is 4.98 Å². The molecule has 4 aromatic rings. The summed E-state index contributed by atoms with van der Waals surface area (Å²) in [5, 5.41) is 2.31. The molecule has 120 valence electrons. The predicted molar refractivity (Wildman–Crippen MR) is 100 cm³/mol. The number of hydrogen-bond donors (Lipinski definition) is 0. The number of fused-ring (bicyclic) bond motifs is 3. The average Bonchev–Trinajstić information content (AvgIpc) is 2.92. The third-order valence-electron chi connectivity index (χ3n) is 4.56. The van der Waals surface area contributed by atoms with E-state index >= 15 is 0 Å². The van der Waals surface area contributed by atoms with Crippen molar-refractivity contribution in [1.82, 2.24) is 4.98 Å². The van der Waals surface area contributed by atoms with Crippen LogP contribution in [0.3, 0.4) is 0 Å². The minimum absolute atomic E-state index is 0.106. The highest BCUT2D eigenvalue weighted by Crippen LogP contribution is 2.35. The van der Waals surface area contributed by atoms with Crippen molar-refractivity contribution >= 4 is 21.9 Å². The van der Waals surface area contributed by atoms with E-state index in [1.165, 1.54) is 11.1 Å². The van der Waals surface area contributed by atoms with E-state index < -0.39 is 0 Å². The zero-order valence-corrected chi connectivity index (χ0v) is 14.6. The van der Waals surface area contributed by atoms with Crippen molar-refractivity contribution in [2.45, 2.75) is 33.1 Å². The van der Waals surface area contributed by atoms with Gasteiger partial charge in [0.1, 0.15) is 11.2 Å². The van der Waals surface area contributed by atoms with E-state index in [1.807, 2.05) is 12.3 Å². The topological polar surface area (TPSA) is 26.0 Å². The SMILES string of the molecule is Cc1ccc2oc3c(-c4ccc(C(C)(C)C)cn4)cccc3c2c1. The molecule has 2 heterocycles. The summed E-state index contributed by atoms with van der Waals surface area (Å²) in [5.41, 5.74) is 6.41. The number of pyridine rings is 1. The van der Waals surface area contributed by atoms with Gasteiger partial charge in [0.2, 0.25) is 0 Å². The number of aryl methyl sites for hydroxylation is 1. The first-order valence-electron chi connectivity index (χ1n) is 8.32. The molecule has 0 fully saturated rings. The van der Waals surface area contributed by atoms with Gasteiger partial charge in [-0.25, -0.2) is 0 Å². The molecule has 0 aliphatic carbocycles. The van der Waals surface area contributed by atoms with Crippen LogP contribution in [0.2, 0.25) is 0 Å². The van der Waals surface area contributed by atoms with Gasteiger partial charge in [0, 0.05) is 22.5 Å². The van der Waals surface area contributed by atoms with Crippen molar-refractivity contribution < 1.29 is 4.42 Å². The molecular formula is C22H21NO. The Hall–Kier alpha value is -2.61. The average molecular weight is 315 g/mol. The fourth-order valence-electron chi connectivity index (χ4n) is 3.11. The minimum Gasteiger partial charge on any atom is -0.455 e. The Kier molecular flexibility index (Phi) is 3.24. The largest absolute Gasteiger partial charge is 0.455 e. The molecule has 0 saturated carbocycles. The van der Waals surface area contributed by atoms with Crippen LogP contribution >= 0.6 is 0 Å². The number of nitrogens with zero attached hydrogens (tertiary/aromatic N) is 1. The van der Waals surface area contributed by atoms with Gasteiger partial charge in [0.05, 0.1) is 5.69 Å².